The van der Waals surface area contributed by atoms with Crippen LogP contribution in [0.2, 0.25) is 0 Å². The number of likely N-dealkylation sites (N-methyl/N-ethyl adjacent to an activating group) is 1. The summed E-state index contributed by atoms with van der Waals surface area (Å²) in [4.78, 5) is 4.74. The molecule has 2 aliphatic rings. The average molecular weight is 399 g/mol. The molecule has 1 aromatic heterocycles. The number of rotatable bonds is 8. The third kappa shape index (κ3) is 5.38. The Bertz CT molecular complexity index is 772. The van der Waals surface area contributed by atoms with Crippen molar-refractivity contribution in [3.63, 3.8) is 0 Å². The number of para-hydroxylation sites is 1. The molecule has 2 aromatic rings. The Hall–Kier alpha value is -1.89. The summed E-state index contributed by atoms with van der Waals surface area (Å²) in [5, 5.41) is 17.8. The van der Waals surface area contributed by atoms with Crippen LogP contribution in [0.25, 0.3) is 0 Å². The second-order valence-corrected chi connectivity index (χ2v) is 8.64. The summed E-state index contributed by atoms with van der Waals surface area (Å²) in [7, 11) is 2.13. The number of benzene rings is 1. The molecule has 0 radical (unpaired) electrons. The minimum absolute atomic E-state index is 0.333. The monoisotopic (exact) mass is 398 g/mol. The highest BCUT2D eigenvalue weighted by atomic mass is 16.5. The number of aromatic amines is 1. The van der Waals surface area contributed by atoms with E-state index < -0.39 is 6.10 Å². The van der Waals surface area contributed by atoms with Gasteiger partial charge in [-0.3, -0.25) is 10.00 Å². The molecule has 1 saturated carbocycles. The SMILES string of the molecule is CN(C[C@H](O)COc1ccccc1CN1CCc2[nH]ncc2C1)C1CCCCC1. The first-order valence-corrected chi connectivity index (χ1v) is 11.0. The summed E-state index contributed by atoms with van der Waals surface area (Å²) in [6.45, 7) is 3.77. The predicted octanol–water partition coefficient (Wildman–Crippen LogP) is 2.97. The topological polar surface area (TPSA) is 64.6 Å². The quantitative estimate of drug-likeness (QED) is 0.716. The summed E-state index contributed by atoms with van der Waals surface area (Å²) in [6, 6.07) is 8.81. The van der Waals surface area contributed by atoms with Gasteiger partial charge in [0.2, 0.25) is 0 Å². The molecule has 0 spiro atoms. The molecule has 1 aromatic carbocycles. The molecule has 4 rings (SSSR count). The number of H-pyrrole nitrogens is 1. The maximum atomic E-state index is 10.5. The third-order valence-corrected chi connectivity index (χ3v) is 6.37. The molecule has 1 atom stereocenters. The fourth-order valence-electron chi connectivity index (χ4n) is 4.67. The minimum atomic E-state index is -0.474. The lowest BCUT2D eigenvalue weighted by atomic mass is 9.94. The van der Waals surface area contributed by atoms with Gasteiger partial charge in [0.25, 0.3) is 0 Å². The van der Waals surface area contributed by atoms with Gasteiger partial charge in [-0.1, -0.05) is 37.5 Å². The van der Waals surface area contributed by atoms with Crippen LogP contribution in [0, 0.1) is 0 Å². The van der Waals surface area contributed by atoms with Crippen molar-refractivity contribution >= 4 is 0 Å². The summed E-state index contributed by atoms with van der Waals surface area (Å²) in [5.74, 6) is 0.880. The van der Waals surface area contributed by atoms with Crippen molar-refractivity contribution in [3.05, 3.63) is 47.3 Å². The van der Waals surface area contributed by atoms with E-state index in [1.165, 1.54) is 48.9 Å². The van der Waals surface area contributed by atoms with Crippen molar-refractivity contribution in [1.82, 2.24) is 20.0 Å². The van der Waals surface area contributed by atoms with Crippen LogP contribution in [-0.4, -0.2) is 64.0 Å². The van der Waals surface area contributed by atoms with Crippen molar-refractivity contribution in [2.24, 2.45) is 0 Å². The zero-order valence-electron chi connectivity index (χ0n) is 17.5. The van der Waals surface area contributed by atoms with Gasteiger partial charge in [0.05, 0.1) is 6.20 Å². The van der Waals surface area contributed by atoms with Crippen LogP contribution < -0.4 is 4.74 Å². The zero-order valence-corrected chi connectivity index (χ0v) is 17.5. The third-order valence-electron chi connectivity index (χ3n) is 6.37. The Morgan fingerprint density at radius 3 is 2.97 bits per heavy atom. The van der Waals surface area contributed by atoms with E-state index >= 15 is 0 Å². The standard InChI is InChI=1S/C23H34N4O2/c1-26(20-8-3-2-4-9-20)16-21(28)17-29-23-10-6-5-7-18(23)14-27-12-11-22-19(15-27)13-24-25-22/h5-7,10,13,20-21,28H,2-4,8-9,11-12,14-17H2,1H3,(H,24,25)/t21-/m0/s1. The molecule has 0 unspecified atom stereocenters. The van der Waals surface area contributed by atoms with E-state index in [-0.39, 0.29) is 0 Å². The highest BCUT2D eigenvalue weighted by Crippen LogP contribution is 2.24. The number of aliphatic hydroxyl groups excluding tert-OH is 1. The Morgan fingerprint density at radius 1 is 1.28 bits per heavy atom. The van der Waals surface area contributed by atoms with Crippen molar-refractivity contribution < 1.29 is 9.84 Å². The van der Waals surface area contributed by atoms with Crippen LogP contribution >= 0.6 is 0 Å². The van der Waals surface area contributed by atoms with Crippen LogP contribution in [0.4, 0.5) is 0 Å². The Kier molecular flexibility index (Phi) is 6.85. The lowest BCUT2D eigenvalue weighted by Gasteiger charge is -2.32. The molecule has 0 bridgehead atoms. The molecule has 2 N–H and O–H groups in total. The largest absolute Gasteiger partial charge is 0.491 e. The highest BCUT2D eigenvalue weighted by molar-refractivity contribution is 5.33. The molecule has 158 valence electrons. The molecule has 1 aliphatic heterocycles. The summed E-state index contributed by atoms with van der Waals surface area (Å²) >= 11 is 0. The second-order valence-electron chi connectivity index (χ2n) is 8.64. The van der Waals surface area contributed by atoms with Crippen molar-refractivity contribution in [3.8, 4) is 5.75 Å². The maximum absolute atomic E-state index is 10.5. The molecule has 6 heteroatoms. The number of aromatic nitrogens is 2. The fourth-order valence-corrected chi connectivity index (χ4v) is 4.67. The van der Waals surface area contributed by atoms with E-state index in [4.69, 9.17) is 4.74 Å². The maximum Gasteiger partial charge on any atom is 0.123 e. The molecular formula is C23H34N4O2. The number of nitrogens with zero attached hydrogens (tertiary/aromatic N) is 3. The normalized spacial score (nSPS) is 19.3. The molecule has 2 heterocycles. The molecule has 0 saturated heterocycles. The number of aliphatic hydroxyl groups is 1. The molecule has 0 amide bonds. The van der Waals surface area contributed by atoms with Crippen molar-refractivity contribution in [1.29, 1.82) is 0 Å². The lowest BCUT2D eigenvalue weighted by molar-refractivity contribution is 0.0556. The van der Waals surface area contributed by atoms with E-state index in [0.29, 0.717) is 19.2 Å². The van der Waals surface area contributed by atoms with Gasteiger partial charge in [-0.25, -0.2) is 0 Å². The Balaban J connectivity index is 1.29. The zero-order chi connectivity index (χ0) is 20.1. The molecule has 29 heavy (non-hydrogen) atoms. The number of hydrogen-bond donors (Lipinski definition) is 2. The number of fused-ring (bicyclic) bond motifs is 1. The van der Waals surface area contributed by atoms with Gasteiger partial charge >= 0.3 is 0 Å². The van der Waals surface area contributed by atoms with Gasteiger partial charge in [0, 0.05) is 55.5 Å². The first-order chi connectivity index (χ1) is 14.2. The number of ether oxygens (including phenoxy) is 1. The Labute approximate surface area is 173 Å². The smallest absolute Gasteiger partial charge is 0.123 e. The molecule has 1 fully saturated rings. The van der Waals surface area contributed by atoms with E-state index in [1.807, 2.05) is 18.3 Å². The summed E-state index contributed by atoms with van der Waals surface area (Å²) in [6.07, 6.45) is 8.94. The van der Waals surface area contributed by atoms with Crippen molar-refractivity contribution in [2.75, 3.05) is 26.7 Å². The van der Waals surface area contributed by atoms with Gasteiger partial charge in [-0.05, 0) is 26.0 Å². The van der Waals surface area contributed by atoms with Crippen LogP contribution in [0.3, 0.4) is 0 Å². The summed E-state index contributed by atoms with van der Waals surface area (Å²) < 4.78 is 6.06. The molecular weight excluding hydrogens is 364 g/mol. The summed E-state index contributed by atoms with van der Waals surface area (Å²) in [5.41, 5.74) is 3.72. The van der Waals surface area contributed by atoms with E-state index in [2.05, 4.69) is 39.2 Å². The predicted molar refractivity (Wildman–Crippen MR) is 114 cm³/mol. The van der Waals surface area contributed by atoms with E-state index in [1.54, 1.807) is 0 Å². The van der Waals surface area contributed by atoms with Crippen LogP contribution in [-0.2, 0) is 19.5 Å². The fraction of sp³-hybridized carbons (Fsp3) is 0.609. The second kappa shape index (κ2) is 9.74. The number of nitrogens with one attached hydrogen (secondary N) is 1. The lowest BCUT2D eigenvalue weighted by Crippen LogP contribution is -2.40. The van der Waals surface area contributed by atoms with Crippen molar-refractivity contribution in [2.45, 2.75) is 63.8 Å². The minimum Gasteiger partial charge on any atom is -0.491 e. The van der Waals surface area contributed by atoms with Gasteiger partial charge in [0.15, 0.2) is 0 Å². The van der Waals surface area contributed by atoms with Crippen LogP contribution in [0.5, 0.6) is 5.75 Å². The van der Waals surface area contributed by atoms with Gasteiger partial charge < -0.3 is 14.7 Å². The van der Waals surface area contributed by atoms with Gasteiger partial charge in [-0.15, -0.1) is 0 Å². The first kappa shape index (κ1) is 20.4. The first-order valence-electron chi connectivity index (χ1n) is 11.0. The molecule has 1 aliphatic carbocycles. The Morgan fingerprint density at radius 2 is 2.10 bits per heavy atom. The van der Waals surface area contributed by atoms with Crippen LogP contribution in [0.1, 0.15) is 48.9 Å². The highest BCUT2D eigenvalue weighted by Gasteiger charge is 2.21. The average Bonchev–Trinajstić information content (AvgIpc) is 3.21. The van der Waals surface area contributed by atoms with E-state index in [0.717, 1.165) is 31.8 Å². The van der Waals surface area contributed by atoms with Gasteiger partial charge in [0.1, 0.15) is 18.5 Å². The van der Waals surface area contributed by atoms with Crippen LogP contribution in [0.15, 0.2) is 30.5 Å². The molecule has 6 nitrogen and oxygen atoms in total. The number of hydrogen-bond acceptors (Lipinski definition) is 5. The van der Waals surface area contributed by atoms with Gasteiger partial charge in [-0.2, -0.15) is 5.10 Å². The van der Waals surface area contributed by atoms with E-state index in [9.17, 15) is 5.11 Å².